The molecule has 4 nitrogen and oxygen atoms in total. The maximum Gasteiger partial charge on any atom is 0.229 e. The molecule has 1 aromatic rings. The van der Waals surface area contributed by atoms with Gasteiger partial charge >= 0.3 is 0 Å². The normalized spacial score (nSPS) is 10.9. The molecule has 0 aliphatic carbocycles. The van der Waals surface area contributed by atoms with Crippen molar-refractivity contribution in [2.45, 2.75) is 13.8 Å². The van der Waals surface area contributed by atoms with E-state index < -0.39 is 11.3 Å². The van der Waals surface area contributed by atoms with Crippen LogP contribution in [-0.4, -0.2) is 18.7 Å². The Kier molecular flexibility index (Phi) is 3.32. The van der Waals surface area contributed by atoms with Crippen molar-refractivity contribution in [3.05, 3.63) is 29.8 Å². The van der Waals surface area contributed by atoms with Crippen LogP contribution >= 0.6 is 0 Å². The van der Waals surface area contributed by atoms with Gasteiger partial charge in [0.1, 0.15) is 5.75 Å². The SMILES string of the molecule is COc1ccc(C(=N)C(C)(C)C(N)=O)cc1. The van der Waals surface area contributed by atoms with Crippen LogP contribution in [0.3, 0.4) is 0 Å². The van der Waals surface area contributed by atoms with Crippen LogP contribution in [0.25, 0.3) is 0 Å². The molecule has 0 atom stereocenters. The Labute approximate surface area is 94.9 Å². The predicted molar refractivity (Wildman–Crippen MR) is 62.8 cm³/mol. The Balaban J connectivity index is 3.01. The van der Waals surface area contributed by atoms with Crippen LogP contribution in [0.4, 0.5) is 0 Å². The molecule has 0 aliphatic heterocycles. The van der Waals surface area contributed by atoms with Crippen LogP contribution in [0.2, 0.25) is 0 Å². The first kappa shape index (κ1) is 12.2. The van der Waals surface area contributed by atoms with E-state index in [2.05, 4.69) is 0 Å². The number of rotatable bonds is 4. The fraction of sp³-hybridized carbons (Fsp3) is 0.333. The number of ether oxygens (including phenoxy) is 1. The lowest BCUT2D eigenvalue weighted by molar-refractivity contribution is -0.122. The lowest BCUT2D eigenvalue weighted by Gasteiger charge is -2.21. The first-order chi connectivity index (χ1) is 7.39. The maximum absolute atomic E-state index is 11.2. The molecule has 0 heterocycles. The number of carbonyl (C=O) groups excluding carboxylic acids is 1. The highest BCUT2D eigenvalue weighted by molar-refractivity contribution is 6.14. The van der Waals surface area contributed by atoms with Crippen LogP contribution in [0, 0.1) is 10.8 Å². The third-order valence-electron chi connectivity index (χ3n) is 2.62. The molecule has 0 spiro atoms. The van der Waals surface area contributed by atoms with Gasteiger partial charge in [0.25, 0.3) is 0 Å². The minimum absolute atomic E-state index is 0.211. The second kappa shape index (κ2) is 4.35. The highest BCUT2D eigenvalue weighted by atomic mass is 16.5. The van der Waals surface area contributed by atoms with Crippen LogP contribution in [-0.2, 0) is 4.79 Å². The molecule has 4 heteroatoms. The number of nitrogens with two attached hydrogens (primary N) is 1. The van der Waals surface area contributed by atoms with Gasteiger partial charge in [-0.2, -0.15) is 0 Å². The summed E-state index contributed by atoms with van der Waals surface area (Å²) in [5.74, 6) is 0.210. The summed E-state index contributed by atoms with van der Waals surface area (Å²) in [4.78, 5) is 11.2. The molecule has 1 rings (SSSR count). The zero-order valence-corrected chi connectivity index (χ0v) is 9.70. The fourth-order valence-electron chi connectivity index (χ4n) is 1.24. The molecule has 0 aliphatic rings. The van der Waals surface area contributed by atoms with Crippen molar-refractivity contribution < 1.29 is 9.53 Å². The van der Waals surface area contributed by atoms with Crippen LogP contribution in [0.1, 0.15) is 19.4 Å². The summed E-state index contributed by atoms with van der Waals surface area (Å²) >= 11 is 0. The van der Waals surface area contributed by atoms with Gasteiger partial charge in [0.15, 0.2) is 0 Å². The van der Waals surface area contributed by atoms with E-state index in [0.29, 0.717) is 11.3 Å². The maximum atomic E-state index is 11.2. The smallest absolute Gasteiger partial charge is 0.229 e. The van der Waals surface area contributed by atoms with Crippen molar-refractivity contribution in [2.75, 3.05) is 7.11 Å². The number of primary amides is 1. The molecular weight excluding hydrogens is 204 g/mol. The minimum atomic E-state index is -0.964. The topological polar surface area (TPSA) is 76.2 Å². The Morgan fingerprint density at radius 3 is 2.19 bits per heavy atom. The molecule has 16 heavy (non-hydrogen) atoms. The standard InChI is InChI=1S/C12H16N2O2/c1-12(2,11(14)15)10(13)8-4-6-9(16-3)7-5-8/h4-7,13H,1-3H3,(H2,14,15). The Morgan fingerprint density at radius 1 is 1.31 bits per heavy atom. The van der Waals surface area contributed by atoms with Gasteiger partial charge in [-0.25, -0.2) is 0 Å². The van der Waals surface area contributed by atoms with Gasteiger partial charge in [0, 0.05) is 0 Å². The average Bonchev–Trinajstić information content (AvgIpc) is 2.28. The van der Waals surface area contributed by atoms with Gasteiger partial charge in [-0.1, -0.05) is 0 Å². The molecule has 0 saturated carbocycles. The Morgan fingerprint density at radius 2 is 1.81 bits per heavy atom. The van der Waals surface area contributed by atoms with E-state index in [0.717, 1.165) is 0 Å². The molecule has 0 radical (unpaired) electrons. The van der Waals surface area contributed by atoms with E-state index in [1.165, 1.54) is 0 Å². The molecule has 0 unspecified atom stereocenters. The van der Waals surface area contributed by atoms with Crippen molar-refractivity contribution in [1.82, 2.24) is 0 Å². The van der Waals surface area contributed by atoms with Gasteiger partial charge < -0.3 is 15.9 Å². The largest absolute Gasteiger partial charge is 0.497 e. The molecular formula is C12H16N2O2. The number of hydrogen-bond donors (Lipinski definition) is 2. The van der Waals surface area contributed by atoms with Gasteiger partial charge in [0.2, 0.25) is 5.91 Å². The fourth-order valence-corrected chi connectivity index (χ4v) is 1.24. The summed E-state index contributed by atoms with van der Waals surface area (Å²) in [5, 5.41) is 7.95. The second-order valence-corrected chi connectivity index (χ2v) is 4.09. The number of hydrogen-bond acceptors (Lipinski definition) is 3. The molecule has 0 bridgehead atoms. The quantitative estimate of drug-likeness (QED) is 0.756. The van der Waals surface area contributed by atoms with Gasteiger partial charge in [-0.15, -0.1) is 0 Å². The van der Waals surface area contributed by atoms with E-state index in [-0.39, 0.29) is 5.71 Å². The lowest BCUT2D eigenvalue weighted by atomic mass is 9.83. The minimum Gasteiger partial charge on any atom is -0.497 e. The van der Waals surface area contributed by atoms with E-state index >= 15 is 0 Å². The van der Waals surface area contributed by atoms with Crippen LogP contribution < -0.4 is 10.5 Å². The third kappa shape index (κ3) is 2.21. The highest BCUT2D eigenvalue weighted by Gasteiger charge is 2.31. The number of amides is 1. The molecule has 0 aromatic heterocycles. The molecule has 1 amide bonds. The predicted octanol–water partition coefficient (Wildman–Crippen LogP) is 1.57. The van der Waals surface area contributed by atoms with Gasteiger partial charge in [0.05, 0.1) is 18.2 Å². The number of methoxy groups -OCH3 is 1. The molecule has 1 aromatic carbocycles. The monoisotopic (exact) mass is 220 g/mol. The zero-order chi connectivity index (χ0) is 12.3. The van der Waals surface area contributed by atoms with Crippen LogP contribution in [0.15, 0.2) is 24.3 Å². The summed E-state index contributed by atoms with van der Waals surface area (Å²) in [6, 6.07) is 6.99. The average molecular weight is 220 g/mol. The van der Waals surface area contributed by atoms with Crippen molar-refractivity contribution >= 4 is 11.6 Å². The number of benzene rings is 1. The van der Waals surface area contributed by atoms with Gasteiger partial charge in [-0.3, -0.25) is 4.79 Å². The van der Waals surface area contributed by atoms with Crippen molar-refractivity contribution in [3.63, 3.8) is 0 Å². The van der Waals surface area contributed by atoms with Crippen molar-refractivity contribution in [2.24, 2.45) is 11.1 Å². The molecule has 86 valence electrons. The molecule has 3 N–H and O–H groups in total. The first-order valence-electron chi connectivity index (χ1n) is 4.93. The third-order valence-corrected chi connectivity index (χ3v) is 2.62. The zero-order valence-electron chi connectivity index (χ0n) is 9.70. The van der Waals surface area contributed by atoms with Crippen LogP contribution in [0.5, 0.6) is 5.75 Å². The van der Waals surface area contributed by atoms with Crippen molar-refractivity contribution in [1.29, 1.82) is 5.41 Å². The van der Waals surface area contributed by atoms with E-state index in [1.807, 2.05) is 0 Å². The van der Waals surface area contributed by atoms with E-state index in [1.54, 1.807) is 45.2 Å². The summed E-state index contributed by atoms with van der Waals surface area (Å²) in [7, 11) is 1.58. The summed E-state index contributed by atoms with van der Waals surface area (Å²) in [6.45, 7) is 3.28. The van der Waals surface area contributed by atoms with E-state index in [9.17, 15) is 4.79 Å². The van der Waals surface area contributed by atoms with Crippen molar-refractivity contribution in [3.8, 4) is 5.75 Å². The second-order valence-electron chi connectivity index (χ2n) is 4.09. The number of nitrogens with one attached hydrogen (secondary N) is 1. The summed E-state index contributed by atoms with van der Waals surface area (Å²) < 4.78 is 5.02. The van der Waals surface area contributed by atoms with Gasteiger partial charge in [-0.05, 0) is 43.7 Å². The Hall–Kier alpha value is -1.84. The Bertz CT molecular complexity index is 408. The summed E-state index contributed by atoms with van der Waals surface area (Å²) in [6.07, 6.45) is 0. The lowest BCUT2D eigenvalue weighted by Crippen LogP contribution is -2.38. The van der Waals surface area contributed by atoms with E-state index in [4.69, 9.17) is 15.9 Å². The summed E-state index contributed by atoms with van der Waals surface area (Å²) in [5.41, 5.74) is 5.18. The molecule has 0 saturated heterocycles. The highest BCUT2D eigenvalue weighted by Crippen LogP contribution is 2.22. The number of carbonyl (C=O) groups is 1. The molecule has 0 fully saturated rings. The first-order valence-corrected chi connectivity index (χ1v) is 4.93.